The van der Waals surface area contributed by atoms with Gasteiger partial charge in [0.05, 0.1) is 0 Å². The van der Waals surface area contributed by atoms with Gasteiger partial charge in [-0.15, -0.1) is 0 Å². The fraction of sp³-hybridized carbons (Fsp3) is 0.455. The Hall–Kier alpha value is -1.09. The van der Waals surface area contributed by atoms with Crippen molar-refractivity contribution in [2.45, 2.75) is 25.9 Å². The van der Waals surface area contributed by atoms with Crippen molar-refractivity contribution in [3.05, 3.63) is 29.3 Å². The first kappa shape index (κ1) is 11.0. The molecular formula is C11H16FNO. The highest BCUT2D eigenvalue weighted by Crippen LogP contribution is 2.24. The number of halogens is 1. The lowest BCUT2D eigenvalue weighted by atomic mass is 10.0. The molecule has 0 heterocycles. The van der Waals surface area contributed by atoms with Crippen molar-refractivity contribution in [1.29, 1.82) is 0 Å². The zero-order chi connectivity index (χ0) is 10.6. The molecule has 2 nitrogen and oxygen atoms in total. The highest BCUT2D eigenvalue weighted by molar-refractivity contribution is 5.37. The minimum absolute atomic E-state index is 0.225. The van der Waals surface area contributed by atoms with E-state index in [-0.39, 0.29) is 5.75 Å². The van der Waals surface area contributed by atoms with Gasteiger partial charge >= 0.3 is 0 Å². The van der Waals surface area contributed by atoms with Crippen LogP contribution in [0.15, 0.2) is 18.2 Å². The second kappa shape index (κ2) is 4.96. The number of aryl methyl sites for hydroxylation is 1. The largest absolute Gasteiger partial charge is 0.508 e. The maximum Gasteiger partial charge on any atom is 0.122 e. The van der Waals surface area contributed by atoms with Crippen molar-refractivity contribution >= 4 is 0 Å². The normalized spacial score (nSPS) is 12.8. The maximum absolute atomic E-state index is 13.0. The van der Waals surface area contributed by atoms with Crippen LogP contribution in [0.3, 0.4) is 0 Å². The van der Waals surface area contributed by atoms with Gasteiger partial charge in [0, 0.05) is 0 Å². The van der Waals surface area contributed by atoms with Crippen LogP contribution in [-0.4, -0.2) is 11.7 Å². The molecule has 1 aromatic rings. The van der Waals surface area contributed by atoms with E-state index in [9.17, 15) is 9.50 Å². The second-order valence-electron chi connectivity index (χ2n) is 3.40. The average Bonchev–Trinajstić information content (AvgIpc) is 2.16. The van der Waals surface area contributed by atoms with E-state index in [1.54, 1.807) is 12.1 Å². The van der Waals surface area contributed by atoms with Gasteiger partial charge in [-0.05, 0) is 49.6 Å². The van der Waals surface area contributed by atoms with Crippen LogP contribution < -0.4 is 5.73 Å². The summed E-state index contributed by atoms with van der Waals surface area (Å²) in [5.41, 5.74) is 6.75. The summed E-state index contributed by atoms with van der Waals surface area (Å²) in [6.45, 7) is 2.06. The number of hydrogen-bond donors (Lipinski definition) is 2. The lowest BCUT2D eigenvalue weighted by molar-refractivity contribution is 0.373. The average molecular weight is 197 g/mol. The van der Waals surface area contributed by atoms with E-state index >= 15 is 0 Å². The van der Waals surface area contributed by atoms with Crippen LogP contribution in [0.1, 0.15) is 30.6 Å². The Balaban J connectivity index is 2.85. The van der Waals surface area contributed by atoms with Gasteiger partial charge in [0.1, 0.15) is 11.9 Å². The van der Waals surface area contributed by atoms with E-state index in [1.165, 1.54) is 13.0 Å². The molecule has 1 atom stereocenters. The quantitative estimate of drug-likeness (QED) is 0.778. The Kier molecular flexibility index (Phi) is 3.89. The van der Waals surface area contributed by atoms with Crippen molar-refractivity contribution in [3.63, 3.8) is 0 Å². The molecule has 0 amide bonds. The predicted octanol–water partition coefficient (Wildman–Crippen LogP) is 2.31. The van der Waals surface area contributed by atoms with E-state index in [4.69, 9.17) is 5.73 Å². The molecule has 3 N–H and O–H groups in total. The molecule has 0 aliphatic carbocycles. The van der Waals surface area contributed by atoms with Crippen LogP contribution >= 0.6 is 0 Å². The standard InChI is InChI=1S/C11H16FNO/c1-8(12)9-4-5-11(14)10(7-9)3-2-6-13/h4-5,7-8,14H,2-3,6,13H2,1H3. The maximum atomic E-state index is 13.0. The number of alkyl halides is 1. The summed E-state index contributed by atoms with van der Waals surface area (Å²) in [4.78, 5) is 0. The molecule has 3 heteroatoms. The Morgan fingerprint density at radius 2 is 2.21 bits per heavy atom. The number of phenols is 1. The predicted molar refractivity (Wildman–Crippen MR) is 55.0 cm³/mol. The number of phenolic OH excluding ortho intramolecular Hbond substituents is 1. The topological polar surface area (TPSA) is 46.2 Å². The first-order valence-electron chi connectivity index (χ1n) is 4.81. The van der Waals surface area contributed by atoms with Gasteiger partial charge < -0.3 is 10.8 Å². The minimum atomic E-state index is -0.993. The van der Waals surface area contributed by atoms with Gasteiger partial charge in [-0.2, -0.15) is 0 Å². The van der Waals surface area contributed by atoms with Gasteiger partial charge in [0.15, 0.2) is 0 Å². The van der Waals surface area contributed by atoms with E-state index in [2.05, 4.69) is 0 Å². The lowest BCUT2D eigenvalue weighted by Gasteiger charge is -2.07. The zero-order valence-electron chi connectivity index (χ0n) is 8.33. The fourth-order valence-electron chi connectivity index (χ4n) is 1.35. The third kappa shape index (κ3) is 2.70. The Morgan fingerprint density at radius 1 is 1.50 bits per heavy atom. The number of nitrogens with two attached hydrogens (primary N) is 1. The third-order valence-corrected chi connectivity index (χ3v) is 2.21. The van der Waals surface area contributed by atoms with Gasteiger partial charge in [-0.3, -0.25) is 0 Å². The number of hydrogen-bond acceptors (Lipinski definition) is 2. The summed E-state index contributed by atoms with van der Waals surface area (Å²) < 4.78 is 13.0. The molecule has 0 saturated carbocycles. The Morgan fingerprint density at radius 3 is 2.79 bits per heavy atom. The van der Waals surface area contributed by atoms with E-state index < -0.39 is 6.17 Å². The van der Waals surface area contributed by atoms with Crippen molar-refractivity contribution in [2.24, 2.45) is 5.73 Å². The number of benzene rings is 1. The lowest BCUT2D eigenvalue weighted by Crippen LogP contribution is -2.01. The van der Waals surface area contributed by atoms with E-state index in [0.717, 1.165) is 12.0 Å². The summed E-state index contributed by atoms with van der Waals surface area (Å²) in [6, 6.07) is 4.85. The highest BCUT2D eigenvalue weighted by atomic mass is 19.1. The molecule has 78 valence electrons. The Bertz CT molecular complexity index is 299. The first-order valence-corrected chi connectivity index (χ1v) is 4.81. The van der Waals surface area contributed by atoms with Crippen LogP contribution in [0.25, 0.3) is 0 Å². The van der Waals surface area contributed by atoms with Crippen LogP contribution in [0, 0.1) is 0 Å². The summed E-state index contributed by atoms with van der Waals surface area (Å²) in [7, 11) is 0. The molecule has 0 bridgehead atoms. The molecule has 1 rings (SSSR count). The van der Waals surface area contributed by atoms with Gasteiger partial charge in [0.2, 0.25) is 0 Å². The third-order valence-electron chi connectivity index (χ3n) is 2.21. The van der Waals surface area contributed by atoms with Crippen molar-refractivity contribution in [3.8, 4) is 5.75 Å². The summed E-state index contributed by atoms with van der Waals surface area (Å²) >= 11 is 0. The summed E-state index contributed by atoms with van der Waals surface area (Å²) in [6.07, 6.45) is 0.507. The molecule has 0 fully saturated rings. The Labute approximate surface area is 83.6 Å². The fourth-order valence-corrected chi connectivity index (χ4v) is 1.35. The highest BCUT2D eigenvalue weighted by Gasteiger charge is 2.06. The zero-order valence-corrected chi connectivity index (χ0v) is 8.33. The molecule has 0 spiro atoms. The number of aromatic hydroxyl groups is 1. The number of rotatable bonds is 4. The molecular weight excluding hydrogens is 181 g/mol. The first-order chi connectivity index (χ1) is 6.65. The molecule has 1 unspecified atom stereocenters. The molecule has 0 radical (unpaired) electrons. The van der Waals surface area contributed by atoms with Crippen molar-refractivity contribution < 1.29 is 9.50 Å². The molecule has 0 aromatic heterocycles. The van der Waals surface area contributed by atoms with Crippen molar-refractivity contribution in [1.82, 2.24) is 0 Å². The summed E-state index contributed by atoms with van der Waals surface area (Å²) in [5, 5.41) is 9.48. The molecule has 0 aliphatic rings. The van der Waals surface area contributed by atoms with Crippen LogP contribution in [-0.2, 0) is 6.42 Å². The van der Waals surface area contributed by atoms with E-state index in [1.807, 2.05) is 0 Å². The van der Waals surface area contributed by atoms with Crippen molar-refractivity contribution in [2.75, 3.05) is 6.54 Å². The molecule has 1 aromatic carbocycles. The van der Waals surface area contributed by atoms with Gasteiger partial charge in [0.25, 0.3) is 0 Å². The minimum Gasteiger partial charge on any atom is -0.508 e. The van der Waals surface area contributed by atoms with Gasteiger partial charge in [-0.1, -0.05) is 6.07 Å². The van der Waals surface area contributed by atoms with Crippen LogP contribution in [0.4, 0.5) is 4.39 Å². The van der Waals surface area contributed by atoms with Crippen LogP contribution in [0.2, 0.25) is 0 Å². The second-order valence-corrected chi connectivity index (χ2v) is 3.40. The molecule has 0 aliphatic heterocycles. The smallest absolute Gasteiger partial charge is 0.122 e. The SMILES string of the molecule is CC(F)c1ccc(O)c(CCCN)c1. The summed E-state index contributed by atoms with van der Waals surface area (Å²) in [5.74, 6) is 0.225. The molecule has 0 saturated heterocycles. The van der Waals surface area contributed by atoms with E-state index in [0.29, 0.717) is 18.5 Å². The van der Waals surface area contributed by atoms with Crippen LogP contribution in [0.5, 0.6) is 5.75 Å². The monoisotopic (exact) mass is 197 g/mol. The molecule has 14 heavy (non-hydrogen) atoms. The van der Waals surface area contributed by atoms with Gasteiger partial charge in [-0.25, -0.2) is 4.39 Å².